The summed E-state index contributed by atoms with van der Waals surface area (Å²) in [6.07, 6.45) is 1.71. The molecule has 2 aromatic carbocycles. The van der Waals surface area contributed by atoms with E-state index in [1.807, 2.05) is 0 Å². The second kappa shape index (κ2) is 6.37. The number of nitrogens with zero attached hydrogens (tertiary/aromatic N) is 2. The lowest BCUT2D eigenvalue weighted by molar-refractivity contribution is -0.114. The average molecular weight is 343 g/mol. The second-order valence-corrected chi connectivity index (χ2v) is 5.65. The van der Waals surface area contributed by atoms with Crippen LogP contribution in [-0.2, 0) is 4.79 Å². The summed E-state index contributed by atoms with van der Waals surface area (Å²) in [5.41, 5.74) is 2.31. The Hall–Kier alpha value is -2.79. The van der Waals surface area contributed by atoms with Crippen molar-refractivity contribution in [3.63, 3.8) is 0 Å². The van der Waals surface area contributed by atoms with Gasteiger partial charge in [-0.1, -0.05) is 29.8 Å². The Morgan fingerprint density at radius 1 is 1.25 bits per heavy atom. The standard InChI is InChI=1S/C18H15ClN2O3/c1-11-13(9-12-7-8-16(22)17(10-12)24-2)18(23)21(20-11)15-6-4-3-5-14(15)19/h3-10,22H,1-2H3/b13-9-. The smallest absolute Gasteiger partial charge is 0.280 e. The number of phenolic OH excluding ortho intramolecular Hbond substituents is 1. The van der Waals surface area contributed by atoms with Crippen LogP contribution >= 0.6 is 11.6 Å². The number of hydrazone groups is 1. The van der Waals surface area contributed by atoms with Gasteiger partial charge in [-0.25, -0.2) is 0 Å². The van der Waals surface area contributed by atoms with Gasteiger partial charge in [0.25, 0.3) is 5.91 Å². The molecule has 1 N–H and O–H groups in total. The molecule has 0 atom stereocenters. The summed E-state index contributed by atoms with van der Waals surface area (Å²) in [6, 6.07) is 11.9. The molecular formula is C18H15ClN2O3. The van der Waals surface area contributed by atoms with Crippen LogP contribution in [-0.4, -0.2) is 23.8 Å². The molecule has 6 heteroatoms. The number of benzene rings is 2. The lowest BCUT2D eigenvalue weighted by Gasteiger charge is -2.13. The van der Waals surface area contributed by atoms with Gasteiger partial charge in [-0.05, 0) is 42.8 Å². The Kier molecular flexibility index (Phi) is 4.27. The third-order valence-electron chi connectivity index (χ3n) is 3.66. The number of hydrogen-bond acceptors (Lipinski definition) is 4. The first-order valence-electron chi connectivity index (χ1n) is 7.24. The fourth-order valence-electron chi connectivity index (χ4n) is 2.42. The molecule has 0 saturated carbocycles. The highest BCUT2D eigenvalue weighted by Gasteiger charge is 2.29. The van der Waals surface area contributed by atoms with Gasteiger partial charge in [0.2, 0.25) is 0 Å². The molecule has 1 aliphatic rings. The van der Waals surface area contributed by atoms with E-state index in [-0.39, 0.29) is 11.7 Å². The summed E-state index contributed by atoms with van der Waals surface area (Å²) in [5, 5.41) is 15.7. The summed E-state index contributed by atoms with van der Waals surface area (Å²) in [5.74, 6) is 0.125. The Morgan fingerprint density at radius 3 is 2.71 bits per heavy atom. The third-order valence-corrected chi connectivity index (χ3v) is 3.98. The fourth-order valence-corrected chi connectivity index (χ4v) is 2.64. The molecule has 1 aliphatic heterocycles. The van der Waals surface area contributed by atoms with Gasteiger partial charge in [-0.3, -0.25) is 4.79 Å². The SMILES string of the molecule is COc1cc(/C=C2\C(=O)N(c3ccccc3Cl)N=C2C)ccc1O. The first-order chi connectivity index (χ1) is 11.5. The molecule has 1 heterocycles. The number of carbonyl (C=O) groups excluding carboxylic acids is 1. The summed E-state index contributed by atoms with van der Waals surface area (Å²) in [6.45, 7) is 1.76. The molecular weight excluding hydrogens is 328 g/mol. The predicted molar refractivity (Wildman–Crippen MR) is 94.7 cm³/mol. The van der Waals surface area contributed by atoms with Crippen LogP contribution in [0, 0.1) is 0 Å². The minimum absolute atomic E-state index is 0.0421. The van der Waals surface area contributed by atoms with Crippen LogP contribution in [0.2, 0.25) is 5.02 Å². The number of para-hydroxylation sites is 1. The van der Waals surface area contributed by atoms with Crippen molar-refractivity contribution in [2.75, 3.05) is 12.1 Å². The van der Waals surface area contributed by atoms with Crippen LogP contribution in [0.15, 0.2) is 53.1 Å². The van der Waals surface area contributed by atoms with E-state index in [2.05, 4.69) is 5.10 Å². The summed E-state index contributed by atoms with van der Waals surface area (Å²) in [4.78, 5) is 12.7. The number of ether oxygens (including phenoxy) is 1. The van der Waals surface area contributed by atoms with E-state index in [0.717, 1.165) is 5.56 Å². The highest BCUT2D eigenvalue weighted by molar-refractivity contribution is 6.37. The van der Waals surface area contributed by atoms with Crippen molar-refractivity contribution >= 4 is 35.0 Å². The number of phenols is 1. The van der Waals surface area contributed by atoms with Gasteiger partial charge >= 0.3 is 0 Å². The van der Waals surface area contributed by atoms with Crippen LogP contribution in [0.1, 0.15) is 12.5 Å². The summed E-state index contributed by atoms with van der Waals surface area (Å²) >= 11 is 6.16. The van der Waals surface area contributed by atoms with Crippen molar-refractivity contribution in [1.29, 1.82) is 0 Å². The van der Waals surface area contributed by atoms with Gasteiger partial charge in [0.05, 0.1) is 29.1 Å². The van der Waals surface area contributed by atoms with Crippen LogP contribution in [0.5, 0.6) is 11.5 Å². The molecule has 0 aromatic heterocycles. The minimum atomic E-state index is -0.257. The molecule has 0 spiro atoms. The van der Waals surface area contributed by atoms with E-state index in [4.69, 9.17) is 16.3 Å². The topological polar surface area (TPSA) is 62.1 Å². The largest absolute Gasteiger partial charge is 0.504 e. The van der Waals surface area contributed by atoms with Gasteiger partial charge in [0, 0.05) is 0 Å². The number of hydrogen-bond donors (Lipinski definition) is 1. The minimum Gasteiger partial charge on any atom is -0.504 e. The molecule has 0 aliphatic carbocycles. The highest BCUT2D eigenvalue weighted by atomic mass is 35.5. The van der Waals surface area contributed by atoms with Gasteiger partial charge in [-0.2, -0.15) is 10.1 Å². The van der Waals surface area contributed by atoms with Crippen molar-refractivity contribution < 1.29 is 14.6 Å². The van der Waals surface area contributed by atoms with Gasteiger partial charge in [0.1, 0.15) is 0 Å². The zero-order valence-corrected chi connectivity index (χ0v) is 13.9. The maximum atomic E-state index is 12.7. The number of amides is 1. The van der Waals surface area contributed by atoms with E-state index in [9.17, 15) is 9.90 Å². The van der Waals surface area contributed by atoms with Crippen molar-refractivity contribution in [3.05, 3.63) is 58.6 Å². The number of methoxy groups -OCH3 is 1. The van der Waals surface area contributed by atoms with Crippen LogP contribution in [0.25, 0.3) is 6.08 Å². The zero-order valence-electron chi connectivity index (χ0n) is 13.2. The number of carbonyl (C=O) groups is 1. The molecule has 24 heavy (non-hydrogen) atoms. The fraction of sp³-hybridized carbons (Fsp3) is 0.111. The average Bonchev–Trinajstić information content (AvgIpc) is 2.85. The van der Waals surface area contributed by atoms with E-state index in [0.29, 0.717) is 27.7 Å². The molecule has 0 radical (unpaired) electrons. The summed E-state index contributed by atoms with van der Waals surface area (Å²) in [7, 11) is 1.47. The lowest BCUT2D eigenvalue weighted by atomic mass is 10.1. The van der Waals surface area contributed by atoms with E-state index in [1.165, 1.54) is 18.2 Å². The second-order valence-electron chi connectivity index (χ2n) is 5.24. The highest BCUT2D eigenvalue weighted by Crippen LogP contribution is 2.32. The van der Waals surface area contributed by atoms with Crippen molar-refractivity contribution in [2.45, 2.75) is 6.92 Å². The molecule has 3 rings (SSSR count). The van der Waals surface area contributed by atoms with Crippen LogP contribution < -0.4 is 9.75 Å². The van der Waals surface area contributed by atoms with Crippen molar-refractivity contribution in [2.24, 2.45) is 5.10 Å². The molecule has 2 aromatic rings. The molecule has 0 fully saturated rings. The molecule has 0 unspecified atom stereocenters. The Balaban J connectivity index is 1.98. The molecule has 1 amide bonds. The number of aromatic hydroxyl groups is 1. The van der Waals surface area contributed by atoms with E-state index in [1.54, 1.807) is 49.4 Å². The first kappa shape index (κ1) is 16.1. The van der Waals surface area contributed by atoms with Crippen molar-refractivity contribution in [1.82, 2.24) is 0 Å². The number of anilines is 1. The monoisotopic (exact) mass is 342 g/mol. The van der Waals surface area contributed by atoms with Gasteiger partial charge in [0.15, 0.2) is 11.5 Å². The first-order valence-corrected chi connectivity index (χ1v) is 7.62. The Labute approximate surface area is 144 Å². The molecule has 0 saturated heterocycles. The van der Waals surface area contributed by atoms with E-state index < -0.39 is 0 Å². The van der Waals surface area contributed by atoms with E-state index >= 15 is 0 Å². The maximum Gasteiger partial charge on any atom is 0.280 e. The predicted octanol–water partition coefficient (Wildman–Crippen LogP) is 3.86. The maximum absolute atomic E-state index is 12.7. The Bertz CT molecular complexity index is 874. The van der Waals surface area contributed by atoms with Crippen LogP contribution in [0.3, 0.4) is 0 Å². The lowest BCUT2D eigenvalue weighted by Crippen LogP contribution is -2.21. The normalized spacial score (nSPS) is 15.8. The molecule has 122 valence electrons. The Morgan fingerprint density at radius 2 is 2.00 bits per heavy atom. The zero-order chi connectivity index (χ0) is 17.3. The number of rotatable bonds is 3. The molecule has 0 bridgehead atoms. The van der Waals surface area contributed by atoms with Gasteiger partial charge in [-0.15, -0.1) is 0 Å². The third kappa shape index (κ3) is 2.86. The van der Waals surface area contributed by atoms with Gasteiger partial charge < -0.3 is 9.84 Å². The summed E-state index contributed by atoms with van der Waals surface area (Å²) < 4.78 is 5.09. The number of halogens is 1. The quantitative estimate of drug-likeness (QED) is 0.861. The van der Waals surface area contributed by atoms with Crippen LogP contribution in [0.4, 0.5) is 5.69 Å². The van der Waals surface area contributed by atoms with Crippen molar-refractivity contribution in [3.8, 4) is 11.5 Å². The molecule has 5 nitrogen and oxygen atoms in total.